The number of hydrogen-bond donors (Lipinski definition) is 1. The standard InChI is InChI=1S/C27H23N3O3/c1-18-15-23(33-22-9-7-20(17-28)8-10-22)11-12-25(18)29-27(32)16-26-24-6-4-3-5-21(24)13-14-30(26)19(2)31/h3-15,26H,16H2,1-2H3,(H,29,32). The second-order valence-electron chi connectivity index (χ2n) is 7.85. The van der Waals surface area contributed by atoms with E-state index in [-0.39, 0.29) is 24.3 Å². The van der Waals surface area contributed by atoms with E-state index in [1.165, 1.54) is 6.92 Å². The predicted octanol–water partition coefficient (Wildman–Crippen LogP) is 5.56. The van der Waals surface area contributed by atoms with Gasteiger partial charge in [-0.1, -0.05) is 24.3 Å². The monoisotopic (exact) mass is 437 g/mol. The molecule has 1 heterocycles. The van der Waals surface area contributed by atoms with E-state index < -0.39 is 0 Å². The van der Waals surface area contributed by atoms with E-state index in [0.717, 1.165) is 16.7 Å². The molecule has 164 valence electrons. The maximum absolute atomic E-state index is 12.9. The number of aryl methyl sites for hydroxylation is 1. The third kappa shape index (κ3) is 4.94. The van der Waals surface area contributed by atoms with Crippen molar-refractivity contribution in [2.75, 3.05) is 5.32 Å². The Morgan fingerprint density at radius 3 is 2.48 bits per heavy atom. The van der Waals surface area contributed by atoms with Gasteiger partial charge in [0.05, 0.1) is 24.1 Å². The number of fused-ring (bicyclic) bond motifs is 1. The van der Waals surface area contributed by atoms with Crippen LogP contribution >= 0.6 is 0 Å². The number of anilines is 1. The van der Waals surface area contributed by atoms with Gasteiger partial charge in [0, 0.05) is 18.8 Å². The van der Waals surface area contributed by atoms with Crippen LogP contribution in [0.4, 0.5) is 5.69 Å². The van der Waals surface area contributed by atoms with Gasteiger partial charge in [0.1, 0.15) is 11.5 Å². The van der Waals surface area contributed by atoms with Crippen LogP contribution in [0.3, 0.4) is 0 Å². The van der Waals surface area contributed by atoms with E-state index in [4.69, 9.17) is 10.00 Å². The third-order valence-corrected chi connectivity index (χ3v) is 5.54. The van der Waals surface area contributed by atoms with E-state index in [1.807, 2.05) is 43.3 Å². The lowest BCUT2D eigenvalue weighted by Gasteiger charge is -2.32. The van der Waals surface area contributed by atoms with E-state index in [0.29, 0.717) is 22.7 Å². The lowest BCUT2D eigenvalue weighted by Crippen LogP contribution is -2.33. The summed E-state index contributed by atoms with van der Waals surface area (Å²) in [5, 5.41) is 11.9. The van der Waals surface area contributed by atoms with E-state index in [9.17, 15) is 9.59 Å². The number of nitriles is 1. The highest BCUT2D eigenvalue weighted by Gasteiger charge is 2.28. The number of nitrogens with one attached hydrogen (secondary N) is 1. The molecule has 1 atom stereocenters. The molecule has 3 aromatic rings. The zero-order valence-corrected chi connectivity index (χ0v) is 18.4. The SMILES string of the molecule is CC(=O)N1C=Cc2ccccc2C1CC(=O)Nc1ccc(Oc2ccc(C#N)cc2)cc1C. The Kier molecular flexibility index (Phi) is 6.23. The van der Waals surface area contributed by atoms with Crippen molar-refractivity contribution in [3.8, 4) is 17.6 Å². The molecule has 33 heavy (non-hydrogen) atoms. The number of hydrogen-bond acceptors (Lipinski definition) is 4. The highest BCUT2D eigenvalue weighted by Crippen LogP contribution is 2.33. The Labute approximate surface area is 192 Å². The third-order valence-electron chi connectivity index (χ3n) is 5.54. The average Bonchev–Trinajstić information content (AvgIpc) is 2.81. The topological polar surface area (TPSA) is 82.4 Å². The molecule has 0 spiro atoms. The molecule has 1 N–H and O–H groups in total. The summed E-state index contributed by atoms with van der Waals surface area (Å²) in [5.41, 5.74) is 4.06. The van der Waals surface area contributed by atoms with Crippen molar-refractivity contribution in [1.29, 1.82) is 5.26 Å². The van der Waals surface area contributed by atoms with Crippen LogP contribution in [-0.4, -0.2) is 16.7 Å². The molecule has 3 aromatic carbocycles. The van der Waals surface area contributed by atoms with Crippen LogP contribution in [0.5, 0.6) is 11.5 Å². The van der Waals surface area contributed by atoms with Crippen molar-refractivity contribution >= 4 is 23.6 Å². The zero-order chi connectivity index (χ0) is 23.4. The zero-order valence-electron chi connectivity index (χ0n) is 18.4. The minimum Gasteiger partial charge on any atom is -0.457 e. The smallest absolute Gasteiger partial charge is 0.226 e. The van der Waals surface area contributed by atoms with Gasteiger partial charge in [0.25, 0.3) is 0 Å². The normalized spacial score (nSPS) is 14.2. The van der Waals surface area contributed by atoms with Crippen LogP contribution in [0.2, 0.25) is 0 Å². The quantitative estimate of drug-likeness (QED) is 0.566. The first-order chi connectivity index (χ1) is 15.9. The highest BCUT2D eigenvalue weighted by molar-refractivity contribution is 5.93. The molecule has 1 unspecified atom stereocenters. The predicted molar refractivity (Wildman–Crippen MR) is 126 cm³/mol. The van der Waals surface area contributed by atoms with Crippen molar-refractivity contribution in [1.82, 2.24) is 4.90 Å². The molecule has 0 radical (unpaired) electrons. The molecular formula is C27H23N3O3. The molecule has 6 nitrogen and oxygen atoms in total. The van der Waals surface area contributed by atoms with Crippen molar-refractivity contribution in [3.05, 3.63) is 95.2 Å². The second-order valence-corrected chi connectivity index (χ2v) is 7.85. The molecule has 0 saturated carbocycles. The number of carbonyl (C=O) groups excluding carboxylic acids is 2. The Morgan fingerprint density at radius 2 is 1.79 bits per heavy atom. The van der Waals surface area contributed by atoms with Gasteiger partial charge in [-0.2, -0.15) is 5.26 Å². The van der Waals surface area contributed by atoms with Gasteiger partial charge >= 0.3 is 0 Å². The summed E-state index contributed by atoms with van der Waals surface area (Å²) in [6, 6.07) is 21.8. The molecule has 0 bridgehead atoms. The fourth-order valence-corrected chi connectivity index (χ4v) is 3.86. The number of carbonyl (C=O) groups is 2. The van der Waals surface area contributed by atoms with Crippen LogP contribution in [0.25, 0.3) is 6.08 Å². The molecule has 1 aliphatic rings. The molecule has 0 aliphatic carbocycles. The van der Waals surface area contributed by atoms with Crippen molar-refractivity contribution in [3.63, 3.8) is 0 Å². The van der Waals surface area contributed by atoms with Crippen LogP contribution < -0.4 is 10.1 Å². The van der Waals surface area contributed by atoms with Crippen LogP contribution in [0.1, 0.15) is 41.6 Å². The molecule has 0 saturated heterocycles. The fourth-order valence-electron chi connectivity index (χ4n) is 3.86. The number of amides is 2. The maximum Gasteiger partial charge on any atom is 0.226 e. The minimum atomic E-state index is -0.358. The molecular weight excluding hydrogens is 414 g/mol. The molecule has 4 rings (SSSR count). The summed E-state index contributed by atoms with van der Waals surface area (Å²) in [7, 11) is 0. The molecule has 6 heteroatoms. The molecule has 0 fully saturated rings. The summed E-state index contributed by atoms with van der Waals surface area (Å²) < 4.78 is 5.85. The maximum atomic E-state index is 12.9. The number of rotatable bonds is 5. The van der Waals surface area contributed by atoms with Gasteiger partial charge in [0.2, 0.25) is 11.8 Å². The number of benzene rings is 3. The first-order valence-corrected chi connectivity index (χ1v) is 10.6. The van der Waals surface area contributed by atoms with Gasteiger partial charge in [-0.3, -0.25) is 9.59 Å². The van der Waals surface area contributed by atoms with Crippen molar-refractivity contribution < 1.29 is 14.3 Å². The van der Waals surface area contributed by atoms with E-state index in [2.05, 4.69) is 11.4 Å². The van der Waals surface area contributed by atoms with Gasteiger partial charge in [-0.15, -0.1) is 0 Å². The van der Waals surface area contributed by atoms with Gasteiger partial charge in [0.15, 0.2) is 0 Å². The Bertz CT molecular complexity index is 1270. The minimum absolute atomic E-state index is 0.112. The number of nitrogens with zero attached hydrogens (tertiary/aromatic N) is 2. The van der Waals surface area contributed by atoms with Crippen LogP contribution in [0.15, 0.2) is 72.9 Å². The molecule has 1 aliphatic heterocycles. The lowest BCUT2D eigenvalue weighted by atomic mass is 9.93. The second kappa shape index (κ2) is 9.41. The summed E-state index contributed by atoms with van der Waals surface area (Å²) in [5.74, 6) is 0.960. The summed E-state index contributed by atoms with van der Waals surface area (Å²) in [6.45, 7) is 3.39. The van der Waals surface area contributed by atoms with E-state index >= 15 is 0 Å². The van der Waals surface area contributed by atoms with Crippen molar-refractivity contribution in [2.24, 2.45) is 0 Å². The Hall–Kier alpha value is -4.37. The molecule has 0 aromatic heterocycles. The van der Waals surface area contributed by atoms with E-state index in [1.54, 1.807) is 47.5 Å². The first kappa shape index (κ1) is 21.8. The Morgan fingerprint density at radius 1 is 1.06 bits per heavy atom. The Balaban J connectivity index is 1.46. The van der Waals surface area contributed by atoms with Gasteiger partial charge in [-0.05, 0) is 72.2 Å². The largest absolute Gasteiger partial charge is 0.457 e. The molecule has 2 amide bonds. The summed E-state index contributed by atoms with van der Waals surface area (Å²) in [6.07, 6.45) is 3.77. The van der Waals surface area contributed by atoms with Crippen LogP contribution in [-0.2, 0) is 9.59 Å². The van der Waals surface area contributed by atoms with Crippen LogP contribution in [0, 0.1) is 18.3 Å². The lowest BCUT2D eigenvalue weighted by molar-refractivity contribution is -0.129. The average molecular weight is 437 g/mol. The highest BCUT2D eigenvalue weighted by atomic mass is 16.5. The van der Waals surface area contributed by atoms with Gasteiger partial charge < -0.3 is 15.0 Å². The first-order valence-electron chi connectivity index (χ1n) is 10.6. The van der Waals surface area contributed by atoms with Crippen molar-refractivity contribution in [2.45, 2.75) is 26.3 Å². The van der Waals surface area contributed by atoms with Gasteiger partial charge in [-0.25, -0.2) is 0 Å². The fraction of sp³-hybridized carbons (Fsp3) is 0.148. The summed E-state index contributed by atoms with van der Waals surface area (Å²) in [4.78, 5) is 26.7. The summed E-state index contributed by atoms with van der Waals surface area (Å²) >= 11 is 0. The number of ether oxygens (including phenoxy) is 1.